The van der Waals surface area contributed by atoms with Gasteiger partial charge >= 0.3 is 0 Å². The van der Waals surface area contributed by atoms with E-state index >= 15 is 0 Å². The summed E-state index contributed by atoms with van der Waals surface area (Å²) >= 11 is 0. The number of ether oxygens (including phenoxy) is 1. The van der Waals surface area contributed by atoms with Gasteiger partial charge in [-0.15, -0.1) is 0 Å². The van der Waals surface area contributed by atoms with Crippen molar-refractivity contribution in [3.05, 3.63) is 48.5 Å². The average molecular weight is 281 g/mol. The van der Waals surface area contributed by atoms with Gasteiger partial charge in [0.25, 0.3) is 0 Å². The molecule has 0 saturated heterocycles. The molecule has 0 fully saturated rings. The third-order valence-corrected chi connectivity index (χ3v) is 3.12. The summed E-state index contributed by atoms with van der Waals surface area (Å²) in [6, 6.07) is 17.9. The minimum atomic E-state index is 0.448. The molecule has 4 heteroatoms. The quantitative estimate of drug-likeness (QED) is 0.820. The second kappa shape index (κ2) is 7.20. The molecular weight excluding hydrogens is 262 g/mol. The van der Waals surface area contributed by atoms with Gasteiger partial charge in [0, 0.05) is 24.0 Å². The number of rotatable bonds is 6. The van der Waals surface area contributed by atoms with E-state index in [1.165, 1.54) is 0 Å². The minimum Gasteiger partial charge on any atom is -0.492 e. The molecule has 2 rings (SSSR count). The Morgan fingerprint density at radius 2 is 1.90 bits per heavy atom. The molecule has 0 spiro atoms. The number of anilines is 3. The first-order valence-corrected chi connectivity index (χ1v) is 6.98. The maximum Gasteiger partial charge on any atom is 0.144 e. The number of nitrogen functional groups attached to an aromatic ring is 1. The Labute approximate surface area is 125 Å². The van der Waals surface area contributed by atoms with E-state index in [-0.39, 0.29) is 0 Å². The van der Waals surface area contributed by atoms with Gasteiger partial charge < -0.3 is 15.4 Å². The topological polar surface area (TPSA) is 62.3 Å². The van der Waals surface area contributed by atoms with Crippen molar-refractivity contribution in [3.8, 4) is 11.8 Å². The van der Waals surface area contributed by atoms with Gasteiger partial charge in [-0.25, -0.2) is 0 Å². The number of nitrogens with two attached hydrogens (primary N) is 1. The molecule has 2 aromatic carbocycles. The summed E-state index contributed by atoms with van der Waals surface area (Å²) in [6.45, 7) is 3.12. The van der Waals surface area contributed by atoms with E-state index in [2.05, 4.69) is 11.0 Å². The highest BCUT2D eigenvalue weighted by atomic mass is 16.5. The Bertz CT molecular complexity index is 620. The van der Waals surface area contributed by atoms with Crippen LogP contribution in [0.15, 0.2) is 48.5 Å². The molecule has 0 aromatic heterocycles. The number of nitriles is 1. The van der Waals surface area contributed by atoms with E-state index in [1.807, 2.05) is 55.5 Å². The second-order valence-corrected chi connectivity index (χ2v) is 4.55. The molecule has 0 aliphatic heterocycles. The van der Waals surface area contributed by atoms with E-state index in [4.69, 9.17) is 15.7 Å². The van der Waals surface area contributed by atoms with Crippen LogP contribution in [0.2, 0.25) is 0 Å². The summed E-state index contributed by atoms with van der Waals surface area (Å²) in [6.07, 6.45) is 0.448. The molecule has 0 heterocycles. The average Bonchev–Trinajstić information content (AvgIpc) is 2.52. The van der Waals surface area contributed by atoms with Crippen LogP contribution in [0, 0.1) is 11.3 Å². The molecule has 2 N–H and O–H groups in total. The van der Waals surface area contributed by atoms with Crippen molar-refractivity contribution in [1.29, 1.82) is 5.26 Å². The van der Waals surface area contributed by atoms with E-state index in [0.717, 1.165) is 11.4 Å². The third-order valence-electron chi connectivity index (χ3n) is 3.12. The molecule has 0 atom stereocenters. The number of para-hydroxylation sites is 1. The fraction of sp³-hybridized carbons (Fsp3) is 0.235. The predicted octanol–water partition coefficient (Wildman–Crippen LogP) is 3.72. The lowest BCUT2D eigenvalue weighted by molar-refractivity contribution is 0.342. The monoisotopic (exact) mass is 281 g/mol. The highest BCUT2D eigenvalue weighted by Gasteiger charge is 2.11. The molecule has 0 amide bonds. The second-order valence-electron chi connectivity index (χ2n) is 4.55. The standard InChI is InChI=1S/C17H19N3O/c1-2-21-17-13-15(9-10-16(17)19)20(12-6-11-18)14-7-4-3-5-8-14/h3-5,7-10,13H,2,6,12,19H2,1H3. The van der Waals surface area contributed by atoms with Crippen LogP contribution in [0.25, 0.3) is 0 Å². The Balaban J connectivity index is 2.37. The van der Waals surface area contributed by atoms with Crippen molar-refractivity contribution in [2.24, 2.45) is 0 Å². The van der Waals surface area contributed by atoms with Gasteiger partial charge in [-0.3, -0.25) is 0 Å². The van der Waals surface area contributed by atoms with Gasteiger partial charge in [0.15, 0.2) is 0 Å². The predicted molar refractivity (Wildman–Crippen MR) is 85.7 cm³/mol. The van der Waals surface area contributed by atoms with Crippen LogP contribution in [0.3, 0.4) is 0 Å². The van der Waals surface area contributed by atoms with Gasteiger partial charge in [-0.1, -0.05) is 18.2 Å². The Morgan fingerprint density at radius 3 is 2.57 bits per heavy atom. The minimum absolute atomic E-state index is 0.448. The highest BCUT2D eigenvalue weighted by Crippen LogP contribution is 2.32. The maximum absolute atomic E-state index is 8.87. The maximum atomic E-state index is 8.87. The number of hydrogen-bond acceptors (Lipinski definition) is 4. The molecule has 0 aliphatic carbocycles. The molecule has 2 aromatic rings. The van der Waals surface area contributed by atoms with Gasteiger partial charge in [-0.2, -0.15) is 5.26 Å². The lowest BCUT2D eigenvalue weighted by Crippen LogP contribution is -2.18. The summed E-state index contributed by atoms with van der Waals surface area (Å²) in [4.78, 5) is 2.09. The van der Waals surface area contributed by atoms with Gasteiger partial charge in [0.2, 0.25) is 0 Å². The summed E-state index contributed by atoms with van der Waals surface area (Å²) in [5.74, 6) is 0.674. The molecule has 0 bridgehead atoms. The molecular formula is C17H19N3O. The zero-order valence-corrected chi connectivity index (χ0v) is 12.1. The Morgan fingerprint density at radius 1 is 1.14 bits per heavy atom. The summed E-state index contributed by atoms with van der Waals surface area (Å²) in [5.41, 5.74) is 8.55. The van der Waals surface area contributed by atoms with E-state index < -0.39 is 0 Å². The molecule has 0 aliphatic rings. The zero-order chi connectivity index (χ0) is 15.1. The first kappa shape index (κ1) is 14.7. The van der Waals surface area contributed by atoms with Crippen LogP contribution >= 0.6 is 0 Å². The Hall–Kier alpha value is -2.67. The first-order valence-electron chi connectivity index (χ1n) is 6.98. The van der Waals surface area contributed by atoms with Crippen LogP contribution in [0.5, 0.6) is 5.75 Å². The molecule has 0 unspecified atom stereocenters. The van der Waals surface area contributed by atoms with Gasteiger partial charge in [0.1, 0.15) is 5.75 Å². The van der Waals surface area contributed by atoms with Gasteiger partial charge in [-0.05, 0) is 31.2 Å². The highest BCUT2D eigenvalue weighted by molar-refractivity contribution is 5.69. The fourth-order valence-electron chi connectivity index (χ4n) is 2.15. The third kappa shape index (κ3) is 3.67. The number of hydrogen-bond donors (Lipinski definition) is 1. The zero-order valence-electron chi connectivity index (χ0n) is 12.1. The molecule has 0 saturated carbocycles. The molecule has 108 valence electrons. The largest absolute Gasteiger partial charge is 0.492 e. The number of benzene rings is 2. The van der Waals surface area contributed by atoms with Crippen LogP contribution in [-0.4, -0.2) is 13.2 Å². The summed E-state index contributed by atoms with van der Waals surface area (Å²) in [7, 11) is 0. The normalized spacial score (nSPS) is 9.90. The van der Waals surface area contributed by atoms with Crippen LogP contribution in [0.1, 0.15) is 13.3 Å². The van der Waals surface area contributed by atoms with E-state index in [0.29, 0.717) is 31.0 Å². The number of nitrogens with zero attached hydrogens (tertiary/aromatic N) is 2. The van der Waals surface area contributed by atoms with E-state index in [9.17, 15) is 0 Å². The Kier molecular flexibility index (Phi) is 5.05. The summed E-state index contributed by atoms with van der Waals surface area (Å²) in [5, 5.41) is 8.87. The van der Waals surface area contributed by atoms with Crippen molar-refractivity contribution in [3.63, 3.8) is 0 Å². The first-order chi connectivity index (χ1) is 10.3. The molecule has 0 radical (unpaired) electrons. The van der Waals surface area contributed by atoms with Crippen molar-refractivity contribution in [2.75, 3.05) is 23.8 Å². The fourth-order valence-corrected chi connectivity index (χ4v) is 2.15. The van der Waals surface area contributed by atoms with E-state index in [1.54, 1.807) is 0 Å². The van der Waals surface area contributed by atoms with Crippen molar-refractivity contribution >= 4 is 17.1 Å². The van der Waals surface area contributed by atoms with Crippen LogP contribution < -0.4 is 15.4 Å². The van der Waals surface area contributed by atoms with Crippen molar-refractivity contribution in [2.45, 2.75) is 13.3 Å². The van der Waals surface area contributed by atoms with Crippen LogP contribution in [0.4, 0.5) is 17.1 Å². The lowest BCUT2D eigenvalue weighted by atomic mass is 10.2. The van der Waals surface area contributed by atoms with Crippen molar-refractivity contribution in [1.82, 2.24) is 0 Å². The summed E-state index contributed by atoms with van der Waals surface area (Å²) < 4.78 is 5.55. The van der Waals surface area contributed by atoms with Crippen molar-refractivity contribution < 1.29 is 4.74 Å². The van der Waals surface area contributed by atoms with Crippen LogP contribution in [-0.2, 0) is 0 Å². The molecule has 4 nitrogen and oxygen atoms in total. The lowest BCUT2D eigenvalue weighted by Gasteiger charge is -2.25. The SMILES string of the molecule is CCOc1cc(N(CCC#N)c2ccccc2)ccc1N. The smallest absolute Gasteiger partial charge is 0.144 e. The van der Waals surface area contributed by atoms with Gasteiger partial charge in [0.05, 0.1) is 24.8 Å². The molecule has 21 heavy (non-hydrogen) atoms.